The minimum absolute atomic E-state index is 0.112. The average Bonchev–Trinajstić information content (AvgIpc) is 3.32. The summed E-state index contributed by atoms with van der Waals surface area (Å²) in [4.78, 5) is 0. The van der Waals surface area contributed by atoms with Crippen molar-refractivity contribution in [2.24, 2.45) is 0 Å². The fraction of sp³-hybridized carbons (Fsp3) is 0.647. The number of aliphatic hydroxyl groups excluding tert-OH is 1. The molecule has 1 aromatic carbocycles. The lowest BCUT2D eigenvalue weighted by molar-refractivity contribution is 0.00564. The van der Waals surface area contributed by atoms with Crippen molar-refractivity contribution in [3.63, 3.8) is 0 Å². The molecule has 0 amide bonds. The van der Waals surface area contributed by atoms with Gasteiger partial charge >= 0.3 is 0 Å². The van der Waals surface area contributed by atoms with E-state index >= 15 is 0 Å². The Bertz CT molecular complexity index is 473. The summed E-state index contributed by atoms with van der Waals surface area (Å²) in [5.74, 6) is 1.49. The molecular formula is C17H25NO3. The van der Waals surface area contributed by atoms with E-state index in [9.17, 15) is 5.11 Å². The molecule has 4 nitrogen and oxygen atoms in total. The van der Waals surface area contributed by atoms with Crippen LogP contribution in [-0.2, 0) is 6.54 Å². The Labute approximate surface area is 126 Å². The van der Waals surface area contributed by atoms with Crippen LogP contribution >= 0.6 is 0 Å². The van der Waals surface area contributed by atoms with E-state index in [2.05, 4.69) is 11.4 Å². The molecule has 4 heteroatoms. The number of rotatable bonds is 6. The molecule has 0 aromatic heterocycles. The van der Waals surface area contributed by atoms with Crippen LogP contribution in [-0.4, -0.2) is 30.5 Å². The minimum atomic E-state index is -0.364. The Hall–Kier alpha value is -1.26. The molecule has 2 unspecified atom stereocenters. The molecule has 21 heavy (non-hydrogen) atoms. The van der Waals surface area contributed by atoms with E-state index in [4.69, 9.17) is 9.47 Å². The number of hydrogen-bond donors (Lipinski definition) is 2. The molecule has 2 atom stereocenters. The van der Waals surface area contributed by atoms with Crippen molar-refractivity contribution in [2.75, 3.05) is 7.11 Å². The zero-order valence-electron chi connectivity index (χ0n) is 12.7. The van der Waals surface area contributed by atoms with Gasteiger partial charge in [-0.25, -0.2) is 0 Å². The highest BCUT2D eigenvalue weighted by Crippen LogP contribution is 2.32. The Balaban J connectivity index is 1.69. The first-order valence-electron chi connectivity index (χ1n) is 8.01. The van der Waals surface area contributed by atoms with E-state index in [1.165, 1.54) is 18.4 Å². The molecule has 2 aliphatic rings. The molecule has 0 spiro atoms. The van der Waals surface area contributed by atoms with Crippen LogP contribution in [0.5, 0.6) is 11.5 Å². The van der Waals surface area contributed by atoms with Gasteiger partial charge in [0.25, 0.3) is 0 Å². The number of hydrogen-bond acceptors (Lipinski definition) is 4. The molecule has 0 bridgehead atoms. The lowest BCUT2D eigenvalue weighted by Crippen LogP contribution is -2.34. The third-order valence-electron chi connectivity index (χ3n) is 4.35. The molecule has 1 aromatic rings. The van der Waals surface area contributed by atoms with Gasteiger partial charge in [-0.3, -0.25) is 0 Å². The fourth-order valence-corrected chi connectivity index (χ4v) is 2.85. The Morgan fingerprint density at radius 3 is 2.67 bits per heavy atom. The van der Waals surface area contributed by atoms with Crippen molar-refractivity contribution in [1.29, 1.82) is 0 Å². The second kappa shape index (κ2) is 6.67. The van der Waals surface area contributed by atoms with Gasteiger partial charge in [0.05, 0.1) is 13.2 Å². The molecule has 0 heterocycles. The molecule has 3 rings (SSSR count). The summed E-state index contributed by atoms with van der Waals surface area (Å²) in [6.45, 7) is 0.859. The minimum Gasteiger partial charge on any atom is -0.493 e. The number of methoxy groups -OCH3 is 1. The van der Waals surface area contributed by atoms with E-state index in [0.717, 1.165) is 43.7 Å². The maximum atomic E-state index is 10.1. The maximum absolute atomic E-state index is 10.1. The Morgan fingerprint density at radius 1 is 1.14 bits per heavy atom. The lowest BCUT2D eigenvalue weighted by Gasteiger charge is -2.29. The van der Waals surface area contributed by atoms with Gasteiger partial charge in [-0.1, -0.05) is 12.5 Å². The van der Waals surface area contributed by atoms with Crippen LogP contribution in [0.2, 0.25) is 0 Å². The zero-order chi connectivity index (χ0) is 14.7. The van der Waals surface area contributed by atoms with E-state index in [-0.39, 0.29) is 12.2 Å². The van der Waals surface area contributed by atoms with Gasteiger partial charge in [-0.2, -0.15) is 0 Å². The van der Waals surface area contributed by atoms with E-state index in [1.54, 1.807) is 7.11 Å². The molecular weight excluding hydrogens is 266 g/mol. The van der Waals surface area contributed by atoms with Gasteiger partial charge < -0.3 is 19.9 Å². The summed E-state index contributed by atoms with van der Waals surface area (Å²) >= 11 is 0. The van der Waals surface area contributed by atoms with Crippen LogP contribution in [0.4, 0.5) is 0 Å². The van der Waals surface area contributed by atoms with Crippen molar-refractivity contribution in [3.8, 4) is 11.5 Å². The van der Waals surface area contributed by atoms with Crippen LogP contribution in [0, 0.1) is 0 Å². The van der Waals surface area contributed by atoms with Crippen LogP contribution in [0.3, 0.4) is 0 Å². The van der Waals surface area contributed by atoms with Crippen LogP contribution in [0.1, 0.15) is 44.1 Å². The monoisotopic (exact) mass is 291 g/mol. The van der Waals surface area contributed by atoms with Crippen LogP contribution in [0.25, 0.3) is 0 Å². The molecule has 0 saturated heterocycles. The predicted molar refractivity (Wildman–Crippen MR) is 81.7 cm³/mol. The van der Waals surface area contributed by atoms with Gasteiger partial charge in [-0.15, -0.1) is 0 Å². The Kier molecular flexibility index (Phi) is 4.66. The molecule has 2 N–H and O–H groups in total. The first kappa shape index (κ1) is 14.7. The number of nitrogens with one attached hydrogen (secondary N) is 1. The van der Waals surface area contributed by atoms with Crippen molar-refractivity contribution < 1.29 is 14.6 Å². The SMILES string of the molecule is COc1ccc(CNC2CC2)cc1OC1CCCCC1O. The molecule has 2 aliphatic carbocycles. The largest absolute Gasteiger partial charge is 0.493 e. The highest BCUT2D eigenvalue weighted by atomic mass is 16.5. The first-order chi connectivity index (χ1) is 10.3. The lowest BCUT2D eigenvalue weighted by atomic mass is 9.95. The van der Waals surface area contributed by atoms with Crippen molar-refractivity contribution in [3.05, 3.63) is 23.8 Å². The van der Waals surface area contributed by atoms with E-state index < -0.39 is 0 Å². The maximum Gasteiger partial charge on any atom is 0.162 e. The quantitative estimate of drug-likeness (QED) is 0.846. The first-order valence-corrected chi connectivity index (χ1v) is 8.01. The normalized spacial score (nSPS) is 25.6. The molecule has 116 valence electrons. The number of ether oxygens (including phenoxy) is 2. The van der Waals surface area contributed by atoms with E-state index in [0.29, 0.717) is 6.04 Å². The van der Waals surface area contributed by atoms with Crippen LogP contribution in [0.15, 0.2) is 18.2 Å². The van der Waals surface area contributed by atoms with E-state index in [1.807, 2.05) is 12.1 Å². The molecule has 2 saturated carbocycles. The molecule has 0 aliphatic heterocycles. The molecule has 0 radical (unpaired) electrons. The smallest absolute Gasteiger partial charge is 0.162 e. The standard InChI is InChI=1S/C17H25NO3/c1-20-16-9-6-12(11-18-13-7-8-13)10-17(16)21-15-5-3-2-4-14(15)19/h6,9-10,13-15,18-19H,2-5,7-8,11H2,1H3. The van der Waals surface area contributed by atoms with Gasteiger partial charge in [0, 0.05) is 12.6 Å². The second-order valence-electron chi connectivity index (χ2n) is 6.15. The van der Waals surface area contributed by atoms with Crippen molar-refractivity contribution in [2.45, 2.75) is 63.3 Å². The van der Waals surface area contributed by atoms with Gasteiger partial charge in [0.2, 0.25) is 0 Å². The third-order valence-corrected chi connectivity index (χ3v) is 4.35. The van der Waals surface area contributed by atoms with Crippen molar-refractivity contribution >= 4 is 0 Å². The number of aliphatic hydroxyl groups is 1. The summed E-state index contributed by atoms with van der Waals surface area (Å²) in [5, 5.41) is 13.6. The predicted octanol–water partition coefficient (Wildman–Crippen LogP) is 2.63. The summed E-state index contributed by atoms with van der Waals surface area (Å²) in [6, 6.07) is 6.75. The highest BCUT2D eigenvalue weighted by Gasteiger charge is 2.26. The van der Waals surface area contributed by atoms with Gasteiger partial charge in [0.1, 0.15) is 6.10 Å². The molecule has 2 fully saturated rings. The van der Waals surface area contributed by atoms with Gasteiger partial charge in [0.15, 0.2) is 11.5 Å². The fourth-order valence-electron chi connectivity index (χ4n) is 2.85. The topological polar surface area (TPSA) is 50.7 Å². The third kappa shape index (κ3) is 3.89. The Morgan fingerprint density at radius 2 is 1.95 bits per heavy atom. The zero-order valence-corrected chi connectivity index (χ0v) is 12.7. The average molecular weight is 291 g/mol. The summed E-state index contributed by atoms with van der Waals surface area (Å²) < 4.78 is 11.4. The van der Waals surface area contributed by atoms with Crippen molar-refractivity contribution in [1.82, 2.24) is 5.32 Å². The summed E-state index contributed by atoms with van der Waals surface area (Å²) in [5.41, 5.74) is 1.20. The summed E-state index contributed by atoms with van der Waals surface area (Å²) in [7, 11) is 1.65. The second-order valence-corrected chi connectivity index (χ2v) is 6.15. The summed E-state index contributed by atoms with van der Waals surface area (Å²) in [6.07, 6.45) is 6.04. The van der Waals surface area contributed by atoms with Crippen LogP contribution < -0.4 is 14.8 Å². The highest BCUT2D eigenvalue weighted by molar-refractivity contribution is 5.43. The number of benzene rings is 1. The van der Waals surface area contributed by atoms with Gasteiger partial charge in [-0.05, 0) is 49.8 Å².